The van der Waals surface area contributed by atoms with Gasteiger partial charge in [0.2, 0.25) is 0 Å². The Labute approximate surface area is 282 Å². The Morgan fingerprint density at radius 1 is 0.979 bits per heavy atom. The number of quaternary nitrogens is 1. The summed E-state index contributed by atoms with van der Waals surface area (Å²) >= 11 is 0. The molecule has 48 heavy (non-hydrogen) atoms. The maximum absolute atomic E-state index is 13.8. The molecule has 0 aliphatic carbocycles. The fourth-order valence-corrected chi connectivity index (χ4v) is 6.54. The zero-order valence-electron chi connectivity index (χ0n) is 28.9. The number of hydrogen-bond donors (Lipinski definition) is 0. The average Bonchev–Trinajstić information content (AvgIpc) is 3.48. The third-order valence-corrected chi connectivity index (χ3v) is 9.02. The summed E-state index contributed by atoms with van der Waals surface area (Å²) in [5.74, 6) is -0.673. The SMILES string of the molecule is CCC(=O)OCCN1N=C(c2ccc([N+](=O)[O-])cc2)/C(=C/C=C2/N(CCCCC[N+](C)(C)C)c3ccc4ccccc4c3C2(C)C)C1=O. The van der Waals surface area contributed by atoms with Crippen LogP contribution in [0.4, 0.5) is 11.4 Å². The van der Waals surface area contributed by atoms with Crippen LogP contribution in [0.2, 0.25) is 0 Å². The number of fused-ring (bicyclic) bond motifs is 3. The van der Waals surface area contributed by atoms with Crippen molar-refractivity contribution in [2.75, 3.05) is 52.3 Å². The Kier molecular flexibility index (Phi) is 10.1. The monoisotopic (exact) mass is 652 g/mol. The maximum atomic E-state index is 13.8. The van der Waals surface area contributed by atoms with Crippen molar-refractivity contribution >= 4 is 39.7 Å². The van der Waals surface area contributed by atoms with Crippen molar-refractivity contribution in [2.24, 2.45) is 5.10 Å². The molecule has 0 saturated heterocycles. The molecule has 0 radical (unpaired) electrons. The van der Waals surface area contributed by atoms with E-state index in [0.717, 1.165) is 42.5 Å². The third kappa shape index (κ3) is 7.33. The van der Waals surface area contributed by atoms with Crippen molar-refractivity contribution < 1.29 is 23.7 Å². The Morgan fingerprint density at radius 2 is 1.71 bits per heavy atom. The van der Waals surface area contributed by atoms with Gasteiger partial charge in [-0.1, -0.05) is 51.1 Å². The zero-order valence-corrected chi connectivity index (χ0v) is 28.9. The number of non-ortho nitro benzene ring substituents is 1. The van der Waals surface area contributed by atoms with Gasteiger partial charge in [0.05, 0.1) is 44.7 Å². The lowest BCUT2D eigenvalue weighted by molar-refractivity contribution is -0.870. The minimum atomic E-state index is -0.457. The number of unbranched alkanes of at least 4 members (excludes halogenated alkanes) is 2. The van der Waals surface area contributed by atoms with E-state index >= 15 is 0 Å². The molecule has 0 bridgehead atoms. The average molecular weight is 653 g/mol. The van der Waals surface area contributed by atoms with E-state index in [-0.39, 0.29) is 42.6 Å². The molecule has 10 heteroatoms. The minimum absolute atomic E-state index is 0.0150. The van der Waals surface area contributed by atoms with Crippen LogP contribution >= 0.6 is 0 Å². The molecule has 0 saturated carbocycles. The van der Waals surface area contributed by atoms with E-state index in [0.29, 0.717) is 16.8 Å². The highest BCUT2D eigenvalue weighted by molar-refractivity contribution is 6.31. The number of benzene rings is 3. The predicted molar refractivity (Wildman–Crippen MR) is 190 cm³/mol. The number of rotatable bonds is 13. The minimum Gasteiger partial charge on any atom is -0.464 e. The van der Waals surface area contributed by atoms with Crippen molar-refractivity contribution in [3.05, 3.63) is 105 Å². The fourth-order valence-electron chi connectivity index (χ4n) is 6.54. The summed E-state index contributed by atoms with van der Waals surface area (Å²) in [6, 6.07) is 18.9. The van der Waals surface area contributed by atoms with Crippen LogP contribution < -0.4 is 4.90 Å². The smallest absolute Gasteiger partial charge is 0.305 e. The number of allylic oxidation sites excluding steroid dienone is 3. The summed E-state index contributed by atoms with van der Waals surface area (Å²) in [5, 5.41) is 19.6. The van der Waals surface area contributed by atoms with Crippen LogP contribution in [-0.4, -0.2) is 79.4 Å². The van der Waals surface area contributed by atoms with Gasteiger partial charge in [0.25, 0.3) is 11.6 Å². The van der Waals surface area contributed by atoms with E-state index in [1.54, 1.807) is 19.1 Å². The molecule has 1 amide bonds. The van der Waals surface area contributed by atoms with Crippen LogP contribution in [0, 0.1) is 10.1 Å². The molecule has 5 rings (SSSR count). The molecule has 3 aromatic rings. The van der Waals surface area contributed by atoms with E-state index in [1.807, 2.05) is 12.2 Å². The van der Waals surface area contributed by atoms with Crippen LogP contribution in [0.5, 0.6) is 0 Å². The van der Waals surface area contributed by atoms with Crippen LogP contribution in [-0.2, 0) is 19.7 Å². The topological polar surface area (TPSA) is 105 Å². The number of amides is 1. The lowest BCUT2D eigenvalue weighted by Gasteiger charge is -2.27. The van der Waals surface area contributed by atoms with E-state index in [4.69, 9.17) is 4.74 Å². The van der Waals surface area contributed by atoms with Gasteiger partial charge in [-0.3, -0.25) is 19.7 Å². The number of nitro groups is 1. The molecule has 0 unspecified atom stereocenters. The fraction of sp³-hybridized carbons (Fsp3) is 0.395. The molecule has 2 aliphatic rings. The summed E-state index contributed by atoms with van der Waals surface area (Å²) in [5.41, 5.74) is 4.48. The molecular weight excluding hydrogens is 606 g/mol. The first kappa shape index (κ1) is 34.5. The van der Waals surface area contributed by atoms with Gasteiger partial charge in [-0.05, 0) is 65.9 Å². The summed E-state index contributed by atoms with van der Waals surface area (Å²) < 4.78 is 6.17. The molecule has 2 aliphatic heterocycles. The first-order valence-electron chi connectivity index (χ1n) is 16.7. The molecule has 252 valence electrons. The van der Waals surface area contributed by atoms with Gasteiger partial charge in [-0.15, -0.1) is 0 Å². The van der Waals surface area contributed by atoms with Gasteiger partial charge in [0.15, 0.2) is 0 Å². The Morgan fingerprint density at radius 3 is 2.40 bits per heavy atom. The number of ether oxygens (including phenoxy) is 1. The van der Waals surface area contributed by atoms with E-state index < -0.39 is 4.92 Å². The molecule has 0 spiro atoms. The van der Waals surface area contributed by atoms with Gasteiger partial charge in [0, 0.05) is 47.5 Å². The van der Waals surface area contributed by atoms with Crippen molar-refractivity contribution in [1.82, 2.24) is 5.01 Å². The highest BCUT2D eigenvalue weighted by Crippen LogP contribution is 2.51. The van der Waals surface area contributed by atoms with E-state index in [2.05, 4.69) is 81.4 Å². The highest BCUT2D eigenvalue weighted by atomic mass is 16.6. The lowest BCUT2D eigenvalue weighted by Crippen LogP contribution is -2.35. The molecule has 0 aromatic heterocycles. The van der Waals surface area contributed by atoms with Crippen LogP contribution in [0.1, 0.15) is 57.6 Å². The van der Waals surface area contributed by atoms with Gasteiger partial charge < -0.3 is 14.1 Å². The molecule has 0 N–H and O–H groups in total. The second kappa shape index (κ2) is 14.1. The van der Waals surface area contributed by atoms with Crippen molar-refractivity contribution in [2.45, 2.75) is 51.9 Å². The zero-order chi connectivity index (χ0) is 34.6. The van der Waals surface area contributed by atoms with E-state index in [1.165, 1.54) is 39.2 Å². The molecule has 0 atom stereocenters. The lowest BCUT2D eigenvalue weighted by atomic mass is 9.81. The quantitative estimate of drug-likeness (QED) is 0.0506. The normalized spacial score (nSPS) is 17.4. The maximum Gasteiger partial charge on any atom is 0.305 e. The first-order valence-corrected chi connectivity index (χ1v) is 16.7. The van der Waals surface area contributed by atoms with Crippen molar-refractivity contribution in [3.8, 4) is 0 Å². The Hall–Kier alpha value is -4.83. The number of carbonyl (C=O) groups is 2. The molecular formula is C38H46N5O5+. The third-order valence-electron chi connectivity index (χ3n) is 9.02. The number of carbonyl (C=O) groups excluding carboxylic acids is 2. The van der Waals surface area contributed by atoms with Crippen LogP contribution in [0.3, 0.4) is 0 Å². The second-order valence-electron chi connectivity index (χ2n) is 13.9. The number of hydrogen-bond acceptors (Lipinski definition) is 7. The summed E-state index contributed by atoms with van der Waals surface area (Å²) in [6.45, 7) is 8.24. The van der Waals surface area contributed by atoms with Gasteiger partial charge in [0.1, 0.15) is 12.3 Å². The summed E-state index contributed by atoms with van der Waals surface area (Å²) in [6.07, 6.45) is 7.38. The van der Waals surface area contributed by atoms with Gasteiger partial charge in [-0.2, -0.15) is 5.10 Å². The molecule has 0 fully saturated rings. The van der Waals surface area contributed by atoms with Gasteiger partial charge >= 0.3 is 5.97 Å². The van der Waals surface area contributed by atoms with Gasteiger partial charge in [-0.25, -0.2) is 5.01 Å². The number of nitrogens with zero attached hydrogens (tertiary/aromatic N) is 5. The predicted octanol–water partition coefficient (Wildman–Crippen LogP) is 6.73. The van der Waals surface area contributed by atoms with Crippen LogP contribution in [0.15, 0.2) is 89.2 Å². The summed E-state index contributed by atoms with van der Waals surface area (Å²) in [7, 11) is 6.66. The summed E-state index contributed by atoms with van der Waals surface area (Å²) in [4.78, 5) is 38.8. The van der Waals surface area contributed by atoms with Crippen molar-refractivity contribution in [3.63, 3.8) is 0 Å². The standard InChI is InChI=1S/C38H46N5O5/c1-7-34(44)48-26-24-41-37(45)31(36(39-41)28-15-18-29(19-16-28)42(46)47)20-22-33-38(2,3)35-30-14-10-9-13-27(30)17-21-32(35)40(33)23-11-8-12-25-43(4,5)6/h9-10,13-22H,7-8,11-12,23-26H2,1-6H3/q+1/b31-20-,33-22+. The largest absolute Gasteiger partial charge is 0.464 e. The molecule has 10 nitrogen and oxygen atoms in total. The van der Waals surface area contributed by atoms with E-state index in [9.17, 15) is 19.7 Å². The first-order chi connectivity index (χ1) is 22.8. The molecule has 3 aromatic carbocycles. The number of anilines is 1. The molecule has 2 heterocycles. The number of hydrazone groups is 1. The highest BCUT2D eigenvalue weighted by Gasteiger charge is 2.41. The Balaban J connectivity index is 1.53. The number of esters is 1. The van der Waals surface area contributed by atoms with Crippen LogP contribution in [0.25, 0.3) is 10.8 Å². The van der Waals surface area contributed by atoms with Crippen molar-refractivity contribution in [1.29, 1.82) is 0 Å². The Bertz CT molecular complexity index is 1800. The number of nitro benzene ring substituents is 1. The second-order valence-corrected chi connectivity index (χ2v) is 13.9.